The number of aromatic nitrogens is 2. The Balaban J connectivity index is 1.63. The van der Waals surface area contributed by atoms with Gasteiger partial charge in [0, 0.05) is 30.4 Å². The summed E-state index contributed by atoms with van der Waals surface area (Å²) in [7, 11) is -3.44. The van der Waals surface area contributed by atoms with E-state index in [-0.39, 0.29) is 18.1 Å². The van der Waals surface area contributed by atoms with Gasteiger partial charge < -0.3 is 5.32 Å². The van der Waals surface area contributed by atoms with Crippen molar-refractivity contribution in [3.8, 4) is 0 Å². The Bertz CT molecular complexity index is 828. The maximum absolute atomic E-state index is 12.7. The van der Waals surface area contributed by atoms with Crippen LogP contribution in [0.3, 0.4) is 0 Å². The van der Waals surface area contributed by atoms with Gasteiger partial charge in [-0.2, -0.15) is 4.31 Å². The number of nitrogens with zero attached hydrogens (tertiary/aromatic N) is 3. The van der Waals surface area contributed by atoms with E-state index in [4.69, 9.17) is 0 Å². The van der Waals surface area contributed by atoms with Crippen LogP contribution in [0, 0.1) is 5.92 Å². The maximum atomic E-state index is 12.7. The fourth-order valence-electron chi connectivity index (χ4n) is 2.62. The molecule has 1 fully saturated rings. The summed E-state index contributed by atoms with van der Waals surface area (Å²) >= 11 is 1.19. The second kappa shape index (κ2) is 7.59. The number of hydrogen-bond acceptors (Lipinski definition) is 6. The van der Waals surface area contributed by atoms with E-state index in [0.717, 1.165) is 17.7 Å². The highest BCUT2D eigenvalue weighted by atomic mass is 32.2. The molecule has 134 valence electrons. The molecule has 2 aromatic heterocycles. The zero-order valence-corrected chi connectivity index (χ0v) is 15.5. The van der Waals surface area contributed by atoms with Crippen LogP contribution in [-0.4, -0.2) is 41.7 Å². The van der Waals surface area contributed by atoms with Gasteiger partial charge in [-0.1, -0.05) is 6.92 Å². The van der Waals surface area contributed by atoms with Crippen molar-refractivity contribution in [2.75, 3.05) is 13.1 Å². The predicted octanol–water partition coefficient (Wildman–Crippen LogP) is 1.89. The topological polar surface area (TPSA) is 92.3 Å². The molecular weight excluding hydrogens is 360 g/mol. The Morgan fingerprint density at radius 1 is 1.32 bits per heavy atom. The lowest BCUT2D eigenvalue weighted by Crippen LogP contribution is -2.37. The van der Waals surface area contributed by atoms with Gasteiger partial charge in [0.15, 0.2) is 0 Å². The van der Waals surface area contributed by atoms with Crippen LogP contribution in [0.2, 0.25) is 0 Å². The highest BCUT2D eigenvalue weighted by Crippen LogP contribution is 2.28. The number of hydrogen-bond donors (Lipinski definition) is 1. The van der Waals surface area contributed by atoms with Gasteiger partial charge in [-0.05, 0) is 30.9 Å². The number of carbonyl (C=O) groups excluding carboxylic acids is 1. The number of piperidine rings is 1. The number of thiophene rings is 1. The van der Waals surface area contributed by atoms with Crippen molar-refractivity contribution in [3.63, 3.8) is 0 Å². The van der Waals surface area contributed by atoms with Crippen LogP contribution in [0.15, 0.2) is 34.9 Å². The van der Waals surface area contributed by atoms with Gasteiger partial charge in [-0.3, -0.25) is 9.78 Å². The minimum absolute atomic E-state index is 0.231. The molecule has 0 unspecified atom stereocenters. The highest BCUT2D eigenvalue weighted by Gasteiger charge is 2.29. The molecule has 25 heavy (non-hydrogen) atoms. The van der Waals surface area contributed by atoms with Crippen LogP contribution in [0.4, 0.5) is 0 Å². The summed E-state index contributed by atoms with van der Waals surface area (Å²) in [6, 6.07) is 3.35. The Kier molecular flexibility index (Phi) is 5.45. The van der Waals surface area contributed by atoms with E-state index < -0.39 is 10.0 Å². The lowest BCUT2D eigenvalue weighted by atomic mass is 10.0. The van der Waals surface area contributed by atoms with Crippen molar-refractivity contribution in [2.45, 2.75) is 30.5 Å². The van der Waals surface area contributed by atoms with Gasteiger partial charge in [0.1, 0.15) is 9.90 Å². The van der Waals surface area contributed by atoms with Crippen molar-refractivity contribution in [1.29, 1.82) is 0 Å². The molecule has 1 N–H and O–H groups in total. The number of rotatable bonds is 5. The van der Waals surface area contributed by atoms with Crippen LogP contribution in [-0.2, 0) is 16.6 Å². The first-order chi connectivity index (χ1) is 12.0. The van der Waals surface area contributed by atoms with Crippen LogP contribution < -0.4 is 5.32 Å². The van der Waals surface area contributed by atoms with Gasteiger partial charge in [0.05, 0.1) is 12.7 Å². The van der Waals surface area contributed by atoms with Crippen LogP contribution in [0.5, 0.6) is 0 Å². The van der Waals surface area contributed by atoms with E-state index in [1.807, 2.05) is 0 Å². The first kappa shape index (κ1) is 18.0. The smallest absolute Gasteiger partial charge is 0.271 e. The van der Waals surface area contributed by atoms with E-state index in [2.05, 4.69) is 22.2 Å². The number of nitrogens with one attached hydrogen (secondary N) is 1. The number of sulfonamides is 1. The van der Waals surface area contributed by atoms with E-state index >= 15 is 0 Å². The number of amides is 1. The molecule has 0 aliphatic carbocycles. The molecule has 3 heterocycles. The maximum Gasteiger partial charge on any atom is 0.271 e. The molecule has 7 nitrogen and oxygen atoms in total. The molecule has 0 bridgehead atoms. The van der Waals surface area contributed by atoms with E-state index in [1.54, 1.807) is 16.4 Å². The molecule has 0 spiro atoms. The minimum Gasteiger partial charge on any atom is -0.346 e. The fraction of sp³-hybridized carbons (Fsp3) is 0.438. The first-order valence-corrected chi connectivity index (χ1v) is 10.4. The summed E-state index contributed by atoms with van der Waals surface area (Å²) in [6.07, 6.45) is 6.12. The molecule has 1 aliphatic rings. The summed E-state index contributed by atoms with van der Waals surface area (Å²) in [5.41, 5.74) is 0.231. The second-order valence-electron chi connectivity index (χ2n) is 6.08. The number of carbonyl (C=O) groups is 1. The summed E-state index contributed by atoms with van der Waals surface area (Å²) in [5.74, 6) is 0.234. The Morgan fingerprint density at radius 3 is 2.76 bits per heavy atom. The first-order valence-electron chi connectivity index (χ1n) is 8.10. The minimum atomic E-state index is -3.44. The molecule has 1 saturated heterocycles. The van der Waals surface area contributed by atoms with Gasteiger partial charge in [-0.15, -0.1) is 11.3 Å². The summed E-state index contributed by atoms with van der Waals surface area (Å²) in [4.78, 5) is 20.5. The average molecular weight is 380 g/mol. The average Bonchev–Trinajstić information content (AvgIpc) is 3.11. The molecule has 9 heteroatoms. The van der Waals surface area contributed by atoms with Crippen LogP contribution in [0.1, 0.15) is 35.1 Å². The Morgan fingerprint density at radius 2 is 2.08 bits per heavy atom. The summed E-state index contributed by atoms with van der Waals surface area (Å²) in [5, 5.41) is 2.73. The highest BCUT2D eigenvalue weighted by molar-refractivity contribution is 7.91. The predicted molar refractivity (Wildman–Crippen MR) is 94.7 cm³/mol. The largest absolute Gasteiger partial charge is 0.346 e. The van der Waals surface area contributed by atoms with Crippen molar-refractivity contribution < 1.29 is 13.2 Å². The standard InChI is InChI=1S/C16H20N4O3S2/c1-12-4-8-20(9-5-12)25(22,23)15-3-2-13(24-15)10-19-16(21)14-11-17-6-7-18-14/h2-3,6-7,11-12H,4-5,8-10H2,1H3,(H,19,21). The fourth-order valence-corrected chi connectivity index (χ4v) is 5.54. The SMILES string of the molecule is CC1CCN(S(=O)(=O)c2ccc(CNC(=O)c3cnccn3)s2)CC1. The van der Waals surface area contributed by atoms with Crippen molar-refractivity contribution >= 4 is 27.3 Å². The van der Waals surface area contributed by atoms with Crippen LogP contribution in [0.25, 0.3) is 0 Å². The second-order valence-corrected chi connectivity index (χ2v) is 9.41. The monoisotopic (exact) mass is 380 g/mol. The third-order valence-electron chi connectivity index (χ3n) is 4.19. The quantitative estimate of drug-likeness (QED) is 0.855. The van der Waals surface area contributed by atoms with Gasteiger partial charge in [-0.25, -0.2) is 13.4 Å². The molecule has 3 rings (SSSR count). The summed E-state index contributed by atoms with van der Waals surface area (Å²) < 4.78 is 27.3. The Hall–Kier alpha value is -1.84. The third kappa shape index (κ3) is 4.23. The zero-order valence-electron chi connectivity index (χ0n) is 13.9. The Labute approximate surface area is 151 Å². The third-order valence-corrected chi connectivity index (χ3v) is 7.64. The van der Waals surface area contributed by atoms with E-state index in [1.165, 1.54) is 29.9 Å². The molecular formula is C16H20N4O3S2. The van der Waals surface area contributed by atoms with E-state index in [9.17, 15) is 13.2 Å². The lowest BCUT2D eigenvalue weighted by molar-refractivity contribution is 0.0946. The van der Waals surface area contributed by atoms with Crippen LogP contribution >= 0.6 is 11.3 Å². The van der Waals surface area contributed by atoms with Gasteiger partial charge in [0.2, 0.25) is 0 Å². The summed E-state index contributed by atoms with van der Waals surface area (Å²) in [6.45, 7) is 3.54. The van der Waals surface area contributed by atoms with E-state index in [0.29, 0.717) is 23.2 Å². The normalized spacial score (nSPS) is 16.7. The molecule has 1 aliphatic heterocycles. The lowest BCUT2D eigenvalue weighted by Gasteiger charge is -2.28. The molecule has 2 aromatic rings. The molecule has 0 radical (unpaired) electrons. The molecule has 1 amide bonds. The molecule has 0 aromatic carbocycles. The van der Waals surface area contributed by atoms with Crippen molar-refractivity contribution in [1.82, 2.24) is 19.6 Å². The van der Waals surface area contributed by atoms with Crippen molar-refractivity contribution in [2.24, 2.45) is 5.92 Å². The zero-order chi connectivity index (χ0) is 17.9. The van der Waals surface area contributed by atoms with Gasteiger partial charge in [0.25, 0.3) is 15.9 Å². The molecule has 0 atom stereocenters. The van der Waals surface area contributed by atoms with Gasteiger partial charge >= 0.3 is 0 Å². The van der Waals surface area contributed by atoms with Crippen molar-refractivity contribution in [3.05, 3.63) is 41.3 Å². The molecule has 0 saturated carbocycles.